The van der Waals surface area contributed by atoms with E-state index in [0.29, 0.717) is 27.0 Å². The number of rotatable bonds is 9. The molecule has 0 atom stereocenters. The lowest BCUT2D eigenvalue weighted by molar-refractivity contribution is -0.114. The summed E-state index contributed by atoms with van der Waals surface area (Å²) in [7, 11) is 0. The molecule has 4 aromatic rings. The van der Waals surface area contributed by atoms with Crippen molar-refractivity contribution in [3.8, 4) is 0 Å². The molecule has 0 unspecified atom stereocenters. The molecule has 3 amide bonds. The molecular weight excluding hydrogens is 542 g/mol. The summed E-state index contributed by atoms with van der Waals surface area (Å²) < 4.78 is 0. The number of carbonyl (C=O) groups excluding carboxylic acids is 3. The first kappa shape index (κ1) is 27.1. The Morgan fingerprint density at radius 1 is 0.947 bits per heavy atom. The Hall–Kier alpha value is -3.99. The number of nitrogens with one attached hydrogen (secondary N) is 3. The average molecular weight is 564 g/mol. The van der Waals surface area contributed by atoms with Crippen LogP contribution >= 0.6 is 34.7 Å². The first-order valence-corrected chi connectivity index (χ1v) is 13.5. The van der Waals surface area contributed by atoms with Gasteiger partial charge in [0, 0.05) is 21.2 Å². The van der Waals surface area contributed by atoms with Crippen molar-refractivity contribution in [2.75, 3.05) is 16.4 Å². The maximum atomic E-state index is 13.3. The lowest BCUT2D eigenvalue weighted by Gasteiger charge is -2.12. The van der Waals surface area contributed by atoms with Gasteiger partial charge in [-0.1, -0.05) is 65.4 Å². The molecule has 0 aliphatic rings. The summed E-state index contributed by atoms with van der Waals surface area (Å²) >= 11 is 8.90. The molecule has 38 heavy (non-hydrogen) atoms. The third kappa shape index (κ3) is 7.75. The first-order valence-electron chi connectivity index (χ1n) is 11.3. The van der Waals surface area contributed by atoms with Gasteiger partial charge in [-0.2, -0.15) is 0 Å². The molecule has 8 nitrogen and oxygen atoms in total. The lowest BCUT2D eigenvalue weighted by Crippen LogP contribution is -2.30. The maximum Gasteiger partial charge on any atom is 0.272 e. The Bertz CT molecular complexity index is 1490. The van der Waals surface area contributed by atoms with E-state index in [2.05, 4.69) is 26.1 Å². The van der Waals surface area contributed by atoms with Crippen LogP contribution in [0.15, 0.2) is 89.5 Å². The SMILES string of the molecule is Cc1nnc(NC(=O)CSc2cccc(NC(=O)/C(=C\c3ccccc3Cl)NC(=O)c3ccccc3)c2)s1. The molecule has 11 heteroatoms. The van der Waals surface area contributed by atoms with Crippen molar-refractivity contribution < 1.29 is 14.4 Å². The highest BCUT2D eigenvalue weighted by Crippen LogP contribution is 2.23. The minimum atomic E-state index is -0.527. The van der Waals surface area contributed by atoms with Crippen LogP contribution in [0.1, 0.15) is 20.9 Å². The van der Waals surface area contributed by atoms with E-state index in [1.54, 1.807) is 72.8 Å². The number of halogens is 1. The summed E-state index contributed by atoms with van der Waals surface area (Å²) in [6.07, 6.45) is 1.52. The molecule has 1 heterocycles. The van der Waals surface area contributed by atoms with E-state index in [1.165, 1.54) is 29.2 Å². The van der Waals surface area contributed by atoms with Gasteiger partial charge in [-0.15, -0.1) is 22.0 Å². The summed E-state index contributed by atoms with van der Waals surface area (Å²) in [4.78, 5) is 39.1. The lowest BCUT2D eigenvalue weighted by atomic mass is 10.1. The zero-order valence-electron chi connectivity index (χ0n) is 20.1. The Morgan fingerprint density at radius 2 is 1.71 bits per heavy atom. The summed E-state index contributed by atoms with van der Waals surface area (Å²) in [6.45, 7) is 1.81. The molecule has 4 rings (SSSR count). The second-order valence-electron chi connectivity index (χ2n) is 7.84. The van der Waals surface area contributed by atoms with E-state index >= 15 is 0 Å². The number of hydrogen-bond acceptors (Lipinski definition) is 7. The molecule has 192 valence electrons. The number of thioether (sulfide) groups is 1. The van der Waals surface area contributed by atoms with Gasteiger partial charge in [0.25, 0.3) is 11.8 Å². The Kier molecular flexibility index (Phi) is 9.26. The zero-order valence-corrected chi connectivity index (χ0v) is 22.5. The van der Waals surface area contributed by atoms with E-state index in [0.717, 1.165) is 9.90 Å². The van der Waals surface area contributed by atoms with Crippen LogP contribution in [-0.4, -0.2) is 33.7 Å². The minimum Gasteiger partial charge on any atom is -0.321 e. The van der Waals surface area contributed by atoms with Gasteiger partial charge >= 0.3 is 0 Å². The number of nitrogens with zero attached hydrogens (tertiary/aromatic N) is 2. The molecule has 1 aromatic heterocycles. The van der Waals surface area contributed by atoms with E-state index in [-0.39, 0.29) is 17.4 Å². The monoisotopic (exact) mass is 563 g/mol. The summed E-state index contributed by atoms with van der Waals surface area (Å²) in [5.74, 6) is -1.02. The van der Waals surface area contributed by atoms with Gasteiger partial charge in [0.1, 0.15) is 10.7 Å². The summed E-state index contributed by atoms with van der Waals surface area (Å²) in [6, 6.07) is 22.7. The van der Waals surface area contributed by atoms with E-state index in [9.17, 15) is 14.4 Å². The van der Waals surface area contributed by atoms with Crippen LogP contribution < -0.4 is 16.0 Å². The number of aromatic nitrogens is 2. The van der Waals surface area contributed by atoms with Crippen LogP contribution in [-0.2, 0) is 9.59 Å². The van der Waals surface area contributed by atoms with Crippen molar-refractivity contribution in [1.29, 1.82) is 0 Å². The largest absolute Gasteiger partial charge is 0.321 e. The van der Waals surface area contributed by atoms with Crippen molar-refractivity contribution >= 4 is 69.3 Å². The van der Waals surface area contributed by atoms with E-state index in [4.69, 9.17) is 11.6 Å². The number of carbonyl (C=O) groups is 3. The maximum absolute atomic E-state index is 13.3. The molecule has 0 aliphatic carbocycles. The first-order chi connectivity index (χ1) is 18.4. The number of amides is 3. The fourth-order valence-corrected chi connectivity index (χ4v) is 4.76. The molecule has 0 saturated carbocycles. The highest BCUT2D eigenvalue weighted by Gasteiger charge is 2.16. The van der Waals surface area contributed by atoms with Crippen LogP contribution in [0.25, 0.3) is 6.08 Å². The van der Waals surface area contributed by atoms with Gasteiger partial charge in [-0.25, -0.2) is 0 Å². The van der Waals surface area contributed by atoms with E-state index in [1.807, 2.05) is 13.0 Å². The Labute approximate surface area is 232 Å². The molecule has 0 bridgehead atoms. The zero-order chi connectivity index (χ0) is 26.9. The van der Waals surface area contributed by atoms with Crippen molar-refractivity contribution in [3.05, 3.63) is 106 Å². The molecule has 0 saturated heterocycles. The topological polar surface area (TPSA) is 113 Å². The van der Waals surface area contributed by atoms with Crippen molar-refractivity contribution in [2.45, 2.75) is 11.8 Å². The van der Waals surface area contributed by atoms with Gasteiger partial charge < -0.3 is 10.6 Å². The normalized spacial score (nSPS) is 11.1. The Morgan fingerprint density at radius 3 is 2.45 bits per heavy atom. The highest BCUT2D eigenvalue weighted by molar-refractivity contribution is 8.00. The van der Waals surface area contributed by atoms with Gasteiger partial charge in [-0.3, -0.25) is 19.7 Å². The van der Waals surface area contributed by atoms with Gasteiger partial charge in [0.05, 0.1) is 5.75 Å². The molecule has 0 radical (unpaired) electrons. The standard InChI is InChI=1S/C27H22ClN5O3S2/c1-17-32-33-27(38-17)31-24(34)16-37-21-12-7-11-20(15-21)29-26(36)23(14-19-10-5-6-13-22(19)28)30-25(35)18-8-3-2-4-9-18/h2-15H,16H2,1H3,(H,29,36)(H,30,35)(H,31,33,34)/b23-14+. The molecule has 3 N–H and O–H groups in total. The Balaban J connectivity index is 1.46. The van der Waals surface area contributed by atoms with Crippen LogP contribution in [0.2, 0.25) is 5.02 Å². The molecule has 0 spiro atoms. The third-order valence-corrected chi connectivity index (χ3v) is 7.06. The third-order valence-electron chi connectivity index (χ3n) is 4.97. The molecule has 0 fully saturated rings. The molecular formula is C27H22ClN5O3S2. The van der Waals surface area contributed by atoms with E-state index < -0.39 is 11.8 Å². The van der Waals surface area contributed by atoms with Crippen LogP contribution in [0.5, 0.6) is 0 Å². The quantitative estimate of drug-likeness (QED) is 0.179. The van der Waals surface area contributed by atoms with Crippen LogP contribution in [0, 0.1) is 6.92 Å². The molecule has 0 aliphatic heterocycles. The van der Waals surface area contributed by atoms with Gasteiger partial charge in [-0.05, 0) is 55.0 Å². The number of aryl methyl sites for hydroxylation is 1. The number of benzene rings is 3. The van der Waals surface area contributed by atoms with Crippen LogP contribution in [0.3, 0.4) is 0 Å². The predicted molar refractivity (Wildman–Crippen MR) is 152 cm³/mol. The van der Waals surface area contributed by atoms with Crippen LogP contribution in [0.4, 0.5) is 10.8 Å². The number of anilines is 2. The predicted octanol–water partition coefficient (Wildman–Crippen LogP) is 5.64. The minimum absolute atomic E-state index is 0.0248. The summed E-state index contributed by atoms with van der Waals surface area (Å²) in [5, 5.41) is 17.6. The van der Waals surface area contributed by atoms with Gasteiger partial charge in [0.2, 0.25) is 11.0 Å². The highest BCUT2D eigenvalue weighted by atomic mass is 35.5. The van der Waals surface area contributed by atoms with Crippen molar-refractivity contribution in [1.82, 2.24) is 15.5 Å². The second-order valence-corrected chi connectivity index (χ2v) is 10.5. The van der Waals surface area contributed by atoms with Crippen molar-refractivity contribution in [3.63, 3.8) is 0 Å². The number of hydrogen-bond donors (Lipinski definition) is 3. The molecule has 3 aromatic carbocycles. The van der Waals surface area contributed by atoms with Gasteiger partial charge in [0.15, 0.2) is 0 Å². The fourth-order valence-electron chi connectivity index (χ4n) is 3.20. The summed E-state index contributed by atoms with van der Waals surface area (Å²) in [5.41, 5.74) is 1.51. The smallest absolute Gasteiger partial charge is 0.272 e. The van der Waals surface area contributed by atoms with Crippen molar-refractivity contribution in [2.24, 2.45) is 0 Å². The average Bonchev–Trinajstić information content (AvgIpc) is 3.33. The second kappa shape index (κ2) is 13.0. The fraction of sp³-hybridized carbons (Fsp3) is 0.0741.